The molecule has 4 heterocycles. The van der Waals surface area contributed by atoms with Crippen LogP contribution in [0.1, 0.15) is 78.4 Å². The lowest BCUT2D eigenvalue weighted by atomic mass is 9.83. The van der Waals surface area contributed by atoms with Gasteiger partial charge in [-0.1, -0.05) is 42.5 Å². The zero-order valence-electron chi connectivity index (χ0n) is 28.5. The third kappa shape index (κ3) is 6.99. The molecular formula is C38H52N6O2. The van der Waals surface area contributed by atoms with E-state index in [0.29, 0.717) is 23.6 Å². The van der Waals surface area contributed by atoms with Crippen LogP contribution in [0.15, 0.2) is 60.9 Å². The minimum atomic E-state index is 0.0788. The summed E-state index contributed by atoms with van der Waals surface area (Å²) >= 11 is 0. The Hall–Kier alpha value is -3.33. The minimum absolute atomic E-state index is 0.0788. The first-order valence-corrected chi connectivity index (χ1v) is 17.2. The molecule has 0 saturated carbocycles. The molecule has 0 radical (unpaired) electrons. The van der Waals surface area contributed by atoms with E-state index in [0.717, 1.165) is 82.3 Å². The van der Waals surface area contributed by atoms with Gasteiger partial charge in [-0.15, -0.1) is 0 Å². The number of piperidine rings is 2. The van der Waals surface area contributed by atoms with Crippen molar-refractivity contribution < 1.29 is 9.53 Å². The summed E-state index contributed by atoms with van der Waals surface area (Å²) in [5.74, 6) is 1.58. The number of aromatic nitrogens is 2. The topological polar surface area (TPSA) is 65.0 Å². The number of benzene rings is 2. The van der Waals surface area contributed by atoms with Crippen LogP contribution in [0.4, 0.5) is 0 Å². The van der Waals surface area contributed by atoms with Gasteiger partial charge in [-0.05, 0) is 89.1 Å². The van der Waals surface area contributed by atoms with Gasteiger partial charge in [-0.2, -0.15) is 0 Å². The van der Waals surface area contributed by atoms with Crippen LogP contribution in [-0.4, -0.2) is 100.0 Å². The van der Waals surface area contributed by atoms with Gasteiger partial charge in [0, 0.05) is 63.4 Å². The Morgan fingerprint density at radius 1 is 0.935 bits per heavy atom. The molecule has 1 aromatic heterocycles. The highest BCUT2D eigenvalue weighted by molar-refractivity contribution is 5.96. The number of carbonyl (C=O) groups is 1. The highest BCUT2D eigenvalue weighted by Gasteiger charge is 2.43. The Morgan fingerprint density at radius 3 is 2.28 bits per heavy atom. The van der Waals surface area contributed by atoms with E-state index < -0.39 is 0 Å². The van der Waals surface area contributed by atoms with Crippen molar-refractivity contribution in [3.63, 3.8) is 0 Å². The molecule has 3 atom stereocenters. The van der Waals surface area contributed by atoms with Gasteiger partial charge in [0.1, 0.15) is 12.1 Å². The van der Waals surface area contributed by atoms with Crippen molar-refractivity contribution in [2.75, 3.05) is 52.9 Å². The Kier molecular flexibility index (Phi) is 10.1. The van der Waals surface area contributed by atoms with Crippen molar-refractivity contribution in [2.24, 2.45) is 5.92 Å². The fourth-order valence-electron chi connectivity index (χ4n) is 8.31. The maximum absolute atomic E-state index is 13.5. The average Bonchev–Trinajstić information content (AvgIpc) is 3.07. The highest BCUT2D eigenvalue weighted by Crippen LogP contribution is 2.39. The van der Waals surface area contributed by atoms with Crippen LogP contribution in [0.3, 0.4) is 0 Å². The second-order valence-corrected chi connectivity index (χ2v) is 14.1. The molecule has 46 heavy (non-hydrogen) atoms. The summed E-state index contributed by atoms with van der Waals surface area (Å²) in [4.78, 5) is 32.3. The summed E-state index contributed by atoms with van der Waals surface area (Å²) in [5.41, 5.74) is 5.11. The Balaban J connectivity index is 1.12. The van der Waals surface area contributed by atoms with E-state index in [-0.39, 0.29) is 11.4 Å². The number of hydrogen-bond acceptors (Lipinski definition) is 7. The molecule has 8 heteroatoms. The Bertz CT molecular complexity index is 1440. The number of rotatable bonds is 8. The normalized spacial score (nSPS) is 23.6. The van der Waals surface area contributed by atoms with Crippen molar-refractivity contribution in [1.29, 1.82) is 0 Å². The third-order valence-corrected chi connectivity index (χ3v) is 11.1. The zero-order valence-corrected chi connectivity index (χ0v) is 28.5. The molecule has 1 amide bonds. The van der Waals surface area contributed by atoms with E-state index in [1.54, 1.807) is 13.4 Å². The molecule has 3 aliphatic heterocycles. The van der Waals surface area contributed by atoms with Gasteiger partial charge in [-0.25, -0.2) is 9.97 Å². The second kappa shape index (κ2) is 14.2. The smallest absolute Gasteiger partial charge is 0.257 e. The molecule has 3 aromatic rings. The maximum atomic E-state index is 13.5. The van der Waals surface area contributed by atoms with Crippen LogP contribution in [0.25, 0.3) is 0 Å². The fourth-order valence-corrected chi connectivity index (χ4v) is 8.31. The lowest BCUT2D eigenvalue weighted by molar-refractivity contribution is -0.0452. The minimum Gasteiger partial charge on any atom is -0.497 e. The quantitative estimate of drug-likeness (QED) is 0.316. The molecule has 0 aliphatic carbocycles. The number of piperazine rings is 1. The average molecular weight is 625 g/mol. The molecule has 3 saturated heterocycles. The van der Waals surface area contributed by atoms with Gasteiger partial charge in [0.2, 0.25) is 0 Å². The SMILES string of the molecule is COc1ccc(CN2CCCC([C@@H](c3ccccc3)N3CCN(C4(C)CCN(C(=O)c5c(C)ncnc5C)CC4)C[C@@H]3C)C2)cc1. The first-order valence-electron chi connectivity index (χ1n) is 17.2. The molecule has 2 aromatic carbocycles. The lowest BCUT2D eigenvalue weighted by Crippen LogP contribution is -2.63. The zero-order chi connectivity index (χ0) is 32.3. The lowest BCUT2D eigenvalue weighted by Gasteiger charge is -2.54. The van der Waals surface area contributed by atoms with Gasteiger partial charge in [0.15, 0.2) is 0 Å². The highest BCUT2D eigenvalue weighted by atomic mass is 16.5. The molecule has 246 valence electrons. The van der Waals surface area contributed by atoms with Crippen molar-refractivity contribution in [2.45, 2.75) is 77.5 Å². The molecule has 3 aliphatic rings. The molecular weight excluding hydrogens is 572 g/mol. The standard InChI is InChI=1S/C38H52N6O2/c1-28-24-43(38(4)17-20-42(21-18-38)37(45)35-29(2)39-27-40-30(35)3)22-23-44(28)36(32-10-7-6-8-11-32)33-12-9-19-41(26-33)25-31-13-15-34(46-5)16-14-31/h6-8,10-11,13-16,27-28,33,36H,9,12,17-26H2,1-5H3/t28-,33?,36+/m0/s1. The second-order valence-electron chi connectivity index (χ2n) is 14.1. The van der Waals surface area contributed by atoms with Crippen molar-refractivity contribution in [3.8, 4) is 5.75 Å². The van der Waals surface area contributed by atoms with Crippen molar-refractivity contribution >= 4 is 5.91 Å². The van der Waals surface area contributed by atoms with Crippen molar-refractivity contribution in [1.82, 2.24) is 29.6 Å². The van der Waals surface area contributed by atoms with Crippen LogP contribution in [0.5, 0.6) is 5.75 Å². The summed E-state index contributed by atoms with van der Waals surface area (Å²) in [7, 11) is 1.73. The van der Waals surface area contributed by atoms with Crippen LogP contribution in [-0.2, 0) is 6.54 Å². The monoisotopic (exact) mass is 624 g/mol. The molecule has 0 N–H and O–H groups in total. The Labute approximate surface area is 275 Å². The maximum Gasteiger partial charge on any atom is 0.257 e. The molecule has 0 bridgehead atoms. The van der Waals surface area contributed by atoms with Crippen LogP contribution < -0.4 is 4.74 Å². The van der Waals surface area contributed by atoms with Gasteiger partial charge in [0.05, 0.1) is 24.1 Å². The predicted molar refractivity (Wildman–Crippen MR) is 183 cm³/mol. The molecule has 1 unspecified atom stereocenters. The van der Waals surface area contributed by atoms with Crippen LogP contribution >= 0.6 is 0 Å². The first kappa shape index (κ1) is 32.6. The molecule has 8 nitrogen and oxygen atoms in total. The van der Waals surface area contributed by atoms with E-state index in [2.05, 4.69) is 93.1 Å². The summed E-state index contributed by atoms with van der Waals surface area (Å²) in [6, 6.07) is 20.7. The Morgan fingerprint density at radius 2 is 1.63 bits per heavy atom. The number of methoxy groups -OCH3 is 1. The van der Waals surface area contributed by atoms with Gasteiger partial charge < -0.3 is 9.64 Å². The summed E-state index contributed by atoms with van der Waals surface area (Å²) in [5, 5.41) is 0. The fraction of sp³-hybridized carbons (Fsp3) is 0.553. The third-order valence-electron chi connectivity index (χ3n) is 11.1. The predicted octanol–water partition coefficient (Wildman–Crippen LogP) is 5.76. The van der Waals surface area contributed by atoms with Crippen molar-refractivity contribution in [3.05, 3.63) is 89.0 Å². The summed E-state index contributed by atoms with van der Waals surface area (Å²) in [6.07, 6.45) is 6.02. The van der Waals surface area contributed by atoms with E-state index in [9.17, 15) is 4.79 Å². The van der Waals surface area contributed by atoms with Crippen LogP contribution in [0, 0.1) is 19.8 Å². The number of likely N-dealkylation sites (tertiary alicyclic amines) is 2. The largest absolute Gasteiger partial charge is 0.497 e. The molecule has 0 spiro atoms. The number of nitrogens with zero attached hydrogens (tertiary/aromatic N) is 6. The van der Waals surface area contributed by atoms with Gasteiger partial charge in [-0.3, -0.25) is 19.5 Å². The van der Waals surface area contributed by atoms with E-state index in [1.807, 2.05) is 18.7 Å². The van der Waals surface area contributed by atoms with Gasteiger partial charge in [0.25, 0.3) is 5.91 Å². The number of aryl methyl sites for hydroxylation is 2. The van der Waals surface area contributed by atoms with E-state index in [1.165, 1.54) is 24.0 Å². The number of amides is 1. The number of hydrogen-bond donors (Lipinski definition) is 0. The first-order chi connectivity index (χ1) is 22.3. The van der Waals surface area contributed by atoms with E-state index >= 15 is 0 Å². The summed E-state index contributed by atoms with van der Waals surface area (Å²) < 4.78 is 5.38. The van der Waals surface area contributed by atoms with Crippen LogP contribution in [0.2, 0.25) is 0 Å². The molecule has 3 fully saturated rings. The van der Waals surface area contributed by atoms with Gasteiger partial charge >= 0.3 is 0 Å². The number of carbonyl (C=O) groups excluding carboxylic acids is 1. The molecule has 6 rings (SSSR count). The van der Waals surface area contributed by atoms with E-state index in [4.69, 9.17) is 4.74 Å². The summed E-state index contributed by atoms with van der Waals surface area (Å²) in [6.45, 7) is 16.7. The number of ether oxygens (including phenoxy) is 1.